The molecule has 11 heteroatoms. The topological polar surface area (TPSA) is 107 Å². The van der Waals surface area contributed by atoms with Crippen LogP contribution < -0.4 is 11.1 Å². The summed E-state index contributed by atoms with van der Waals surface area (Å²) in [7, 11) is 0. The van der Waals surface area contributed by atoms with Gasteiger partial charge in [0.1, 0.15) is 0 Å². The monoisotopic (exact) mass is 395 g/mol. The summed E-state index contributed by atoms with van der Waals surface area (Å²) >= 11 is 0. The van der Waals surface area contributed by atoms with E-state index in [1.165, 1.54) is 16.7 Å². The fraction of sp³-hybridized carbons (Fsp3) is 0.176. The van der Waals surface area contributed by atoms with Gasteiger partial charge in [-0.15, -0.1) is 0 Å². The van der Waals surface area contributed by atoms with Crippen LogP contribution in [0.3, 0.4) is 0 Å². The van der Waals surface area contributed by atoms with Crippen LogP contribution in [0.2, 0.25) is 0 Å². The van der Waals surface area contributed by atoms with Gasteiger partial charge in [0, 0.05) is 19.0 Å². The Morgan fingerprint density at radius 1 is 1.18 bits per heavy atom. The van der Waals surface area contributed by atoms with E-state index in [9.17, 15) is 32.9 Å². The standard InChI is InChI=1S/C17H12F3N3O5/c18-10-4-5-11(16(20)15(10)19)21-14(24)2-1-7-22-12-6-3-9(23(26)27)8-13(12)28-17(22)25/h3-6,8H,1-2,7H2,(H,21,24). The molecule has 8 nitrogen and oxygen atoms in total. The fourth-order valence-corrected chi connectivity index (χ4v) is 2.61. The second-order valence-electron chi connectivity index (χ2n) is 5.80. The Labute approximate surface area is 154 Å². The Balaban J connectivity index is 1.66. The van der Waals surface area contributed by atoms with E-state index in [0.29, 0.717) is 11.6 Å². The third kappa shape index (κ3) is 3.72. The number of fused-ring (bicyclic) bond motifs is 1. The van der Waals surface area contributed by atoms with E-state index in [1.807, 2.05) is 0 Å². The van der Waals surface area contributed by atoms with Crippen molar-refractivity contribution in [2.45, 2.75) is 19.4 Å². The molecule has 1 aromatic heterocycles. The highest BCUT2D eigenvalue weighted by atomic mass is 19.2. The molecule has 0 aliphatic carbocycles. The number of nitro groups is 1. The molecule has 146 valence electrons. The molecule has 0 saturated carbocycles. The highest BCUT2D eigenvalue weighted by Gasteiger charge is 2.16. The van der Waals surface area contributed by atoms with Gasteiger partial charge in [0.15, 0.2) is 23.0 Å². The highest BCUT2D eigenvalue weighted by Crippen LogP contribution is 2.21. The molecule has 0 fully saturated rings. The number of aryl methyl sites for hydroxylation is 1. The van der Waals surface area contributed by atoms with Crippen LogP contribution >= 0.6 is 0 Å². The van der Waals surface area contributed by atoms with Gasteiger partial charge < -0.3 is 9.73 Å². The summed E-state index contributed by atoms with van der Waals surface area (Å²) in [6, 6.07) is 5.27. The number of anilines is 1. The summed E-state index contributed by atoms with van der Waals surface area (Å²) < 4.78 is 45.8. The van der Waals surface area contributed by atoms with Gasteiger partial charge in [-0.2, -0.15) is 0 Å². The zero-order valence-electron chi connectivity index (χ0n) is 14.1. The normalized spacial score (nSPS) is 11.0. The van der Waals surface area contributed by atoms with E-state index < -0.39 is 39.7 Å². The van der Waals surface area contributed by atoms with Crippen LogP contribution in [0.4, 0.5) is 24.5 Å². The third-order valence-electron chi connectivity index (χ3n) is 3.96. The molecular weight excluding hydrogens is 383 g/mol. The molecule has 0 radical (unpaired) electrons. The first-order valence-electron chi connectivity index (χ1n) is 7.99. The maximum atomic E-state index is 13.5. The minimum atomic E-state index is -1.69. The zero-order chi connectivity index (χ0) is 20.4. The lowest BCUT2D eigenvalue weighted by molar-refractivity contribution is -0.384. The summed E-state index contributed by atoms with van der Waals surface area (Å²) in [5, 5.41) is 12.9. The summed E-state index contributed by atoms with van der Waals surface area (Å²) in [4.78, 5) is 33.9. The second-order valence-corrected chi connectivity index (χ2v) is 5.80. The number of halogens is 3. The van der Waals surface area contributed by atoms with Gasteiger partial charge in [-0.25, -0.2) is 18.0 Å². The van der Waals surface area contributed by atoms with Crippen molar-refractivity contribution >= 4 is 28.4 Å². The van der Waals surface area contributed by atoms with Gasteiger partial charge in [-0.05, 0) is 24.6 Å². The Morgan fingerprint density at radius 2 is 1.93 bits per heavy atom. The molecule has 1 N–H and O–H groups in total. The van der Waals surface area contributed by atoms with E-state index >= 15 is 0 Å². The van der Waals surface area contributed by atoms with E-state index in [0.717, 1.165) is 12.1 Å². The molecule has 0 atom stereocenters. The average Bonchev–Trinajstić information content (AvgIpc) is 2.97. The van der Waals surface area contributed by atoms with Crippen LogP contribution in [0.25, 0.3) is 11.1 Å². The summed E-state index contributed by atoms with van der Waals surface area (Å²) in [5.41, 5.74) is -0.376. The van der Waals surface area contributed by atoms with Crippen molar-refractivity contribution < 1.29 is 27.3 Å². The van der Waals surface area contributed by atoms with E-state index in [2.05, 4.69) is 5.32 Å². The lowest BCUT2D eigenvalue weighted by Gasteiger charge is -2.07. The van der Waals surface area contributed by atoms with Crippen LogP contribution in [0.5, 0.6) is 0 Å². The summed E-state index contributed by atoms with van der Waals surface area (Å²) in [6.07, 6.45) is -0.00676. The van der Waals surface area contributed by atoms with Crippen molar-refractivity contribution in [1.29, 1.82) is 0 Å². The fourth-order valence-electron chi connectivity index (χ4n) is 2.61. The Morgan fingerprint density at radius 3 is 2.64 bits per heavy atom. The van der Waals surface area contributed by atoms with Crippen molar-refractivity contribution in [2.75, 3.05) is 5.32 Å². The Bertz CT molecular complexity index is 1140. The van der Waals surface area contributed by atoms with Crippen molar-refractivity contribution in [3.63, 3.8) is 0 Å². The quantitative estimate of drug-likeness (QED) is 0.391. The smallest absolute Gasteiger partial charge is 0.407 e. The number of non-ortho nitro benzene ring substituents is 1. The molecule has 0 aliphatic heterocycles. The molecular formula is C17H12F3N3O5. The number of hydrogen-bond acceptors (Lipinski definition) is 5. The lowest BCUT2D eigenvalue weighted by atomic mass is 10.2. The van der Waals surface area contributed by atoms with Crippen molar-refractivity contribution in [2.24, 2.45) is 0 Å². The molecule has 3 aromatic rings. The van der Waals surface area contributed by atoms with Crippen LogP contribution in [0, 0.1) is 27.6 Å². The van der Waals surface area contributed by atoms with E-state index in [4.69, 9.17) is 4.42 Å². The van der Waals surface area contributed by atoms with Gasteiger partial charge in [-0.3, -0.25) is 19.5 Å². The number of nitrogens with zero attached hydrogens (tertiary/aromatic N) is 2. The first kappa shape index (κ1) is 19.1. The van der Waals surface area contributed by atoms with Gasteiger partial charge >= 0.3 is 5.76 Å². The van der Waals surface area contributed by atoms with Gasteiger partial charge in [0.05, 0.1) is 22.2 Å². The summed E-state index contributed by atoms with van der Waals surface area (Å²) in [6.45, 7) is 0.0529. The SMILES string of the molecule is O=C(CCCn1c(=O)oc2cc([N+](=O)[O-])ccc21)Nc1ccc(F)c(F)c1F. The van der Waals surface area contributed by atoms with Crippen LogP contribution in [-0.2, 0) is 11.3 Å². The van der Waals surface area contributed by atoms with Gasteiger partial charge in [0.25, 0.3) is 5.69 Å². The van der Waals surface area contributed by atoms with Crippen molar-refractivity contribution in [3.05, 3.63) is 68.4 Å². The molecule has 2 aromatic carbocycles. The number of oxazole rings is 1. The number of nitrogens with one attached hydrogen (secondary N) is 1. The van der Waals surface area contributed by atoms with Gasteiger partial charge in [-0.1, -0.05) is 0 Å². The molecule has 3 rings (SSSR count). The maximum Gasteiger partial charge on any atom is 0.419 e. The highest BCUT2D eigenvalue weighted by molar-refractivity contribution is 5.90. The predicted octanol–water partition coefficient (Wildman–Crippen LogP) is 3.34. The Hall–Kier alpha value is -3.63. The van der Waals surface area contributed by atoms with E-state index in [1.54, 1.807) is 0 Å². The largest absolute Gasteiger partial charge is 0.419 e. The zero-order valence-corrected chi connectivity index (χ0v) is 14.1. The van der Waals surface area contributed by atoms with Crippen LogP contribution in [0.1, 0.15) is 12.8 Å². The van der Waals surface area contributed by atoms with Crippen LogP contribution in [-0.4, -0.2) is 15.4 Å². The average molecular weight is 395 g/mol. The van der Waals surface area contributed by atoms with Crippen molar-refractivity contribution in [3.8, 4) is 0 Å². The summed E-state index contributed by atoms with van der Waals surface area (Å²) in [5.74, 6) is -5.98. The number of nitro benzene ring substituents is 1. The number of aromatic nitrogens is 1. The number of rotatable bonds is 6. The predicted molar refractivity (Wildman–Crippen MR) is 91.3 cm³/mol. The number of hydrogen-bond donors (Lipinski definition) is 1. The third-order valence-corrected chi connectivity index (χ3v) is 3.96. The molecule has 28 heavy (non-hydrogen) atoms. The lowest BCUT2D eigenvalue weighted by Crippen LogP contribution is -2.17. The molecule has 0 bridgehead atoms. The Kier molecular flexibility index (Phi) is 5.16. The second kappa shape index (κ2) is 7.55. The van der Waals surface area contributed by atoms with Gasteiger partial charge in [0.2, 0.25) is 5.91 Å². The number of benzene rings is 2. The molecule has 1 heterocycles. The van der Waals surface area contributed by atoms with Crippen molar-refractivity contribution in [1.82, 2.24) is 4.57 Å². The first-order valence-corrected chi connectivity index (χ1v) is 7.99. The molecule has 1 amide bonds. The molecule has 0 unspecified atom stereocenters. The molecule has 0 aliphatic rings. The molecule has 0 spiro atoms. The number of carbonyl (C=O) groups is 1. The minimum Gasteiger partial charge on any atom is -0.407 e. The number of amides is 1. The minimum absolute atomic E-state index is 0.0347. The van der Waals surface area contributed by atoms with E-state index in [-0.39, 0.29) is 30.7 Å². The molecule has 0 saturated heterocycles. The van der Waals surface area contributed by atoms with Crippen LogP contribution in [0.15, 0.2) is 39.5 Å². The maximum absolute atomic E-state index is 13.5. The first-order chi connectivity index (χ1) is 13.3. The number of carbonyl (C=O) groups excluding carboxylic acids is 1.